The minimum Gasteiger partial charge on any atom is -0.478 e. The third-order valence-electron chi connectivity index (χ3n) is 4.52. The molecule has 1 aliphatic rings. The number of hydrogen-bond donors (Lipinski definition) is 2. The molecule has 0 bridgehead atoms. The van der Waals surface area contributed by atoms with Gasteiger partial charge in [-0.15, -0.1) is 0 Å². The number of amides is 2. The highest BCUT2D eigenvalue weighted by Gasteiger charge is 2.46. The average molecular weight is 340 g/mol. The number of carboxylic acid groups (broad SMARTS) is 1. The van der Waals surface area contributed by atoms with Crippen molar-refractivity contribution >= 4 is 12.0 Å². The normalized spacial score (nSPS) is 15.3. The molecule has 0 aromatic heterocycles. The summed E-state index contributed by atoms with van der Waals surface area (Å²) < 4.78 is 5.66. The largest absolute Gasteiger partial charge is 0.478 e. The maximum Gasteiger partial charge on any atom is 0.335 e. The first-order valence-corrected chi connectivity index (χ1v) is 8.00. The van der Waals surface area contributed by atoms with Crippen molar-refractivity contribution in [1.82, 2.24) is 10.2 Å². The molecule has 25 heavy (non-hydrogen) atoms. The second-order valence-corrected chi connectivity index (χ2v) is 6.08. The van der Waals surface area contributed by atoms with Crippen LogP contribution in [0.5, 0.6) is 0 Å². The highest BCUT2D eigenvalue weighted by Crippen LogP contribution is 2.35. The molecule has 1 heterocycles. The smallest absolute Gasteiger partial charge is 0.335 e. The molecule has 6 heteroatoms. The Bertz CT molecular complexity index is 753. The number of carbonyl (C=O) groups is 2. The zero-order valence-electron chi connectivity index (χ0n) is 13.9. The predicted molar refractivity (Wildman–Crippen MR) is 92.3 cm³/mol. The molecule has 2 amide bonds. The van der Waals surface area contributed by atoms with Crippen LogP contribution in [-0.4, -0.2) is 42.2 Å². The molecule has 130 valence electrons. The second-order valence-electron chi connectivity index (χ2n) is 6.08. The number of aromatic carboxylic acids is 1. The van der Waals surface area contributed by atoms with Crippen molar-refractivity contribution < 1.29 is 19.4 Å². The number of rotatable bonds is 5. The predicted octanol–water partition coefficient (Wildman–Crippen LogP) is 2.45. The van der Waals surface area contributed by atoms with E-state index < -0.39 is 11.6 Å². The van der Waals surface area contributed by atoms with Crippen LogP contribution < -0.4 is 5.32 Å². The first-order chi connectivity index (χ1) is 12.0. The van der Waals surface area contributed by atoms with Gasteiger partial charge in [0.25, 0.3) is 0 Å². The molecule has 0 aliphatic carbocycles. The Morgan fingerprint density at radius 3 is 2.32 bits per heavy atom. The minimum atomic E-state index is -0.965. The van der Waals surface area contributed by atoms with E-state index in [4.69, 9.17) is 9.84 Å². The number of nitrogens with one attached hydrogen (secondary N) is 1. The van der Waals surface area contributed by atoms with Gasteiger partial charge in [-0.1, -0.05) is 42.5 Å². The summed E-state index contributed by atoms with van der Waals surface area (Å²) in [6.45, 7) is 1.34. The second kappa shape index (κ2) is 6.94. The average Bonchev–Trinajstić information content (AvgIpc) is 2.61. The number of nitrogens with zero attached hydrogens (tertiary/aromatic N) is 1. The van der Waals surface area contributed by atoms with Crippen LogP contribution in [0.2, 0.25) is 0 Å². The molecule has 1 aliphatic heterocycles. The van der Waals surface area contributed by atoms with Gasteiger partial charge in [0.1, 0.15) is 5.60 Å². The number of carbonyl (C=O) groups excluding carboxylic acids is 1. The van der Waals surface area contributed by atoms with Crippen molar-refractivity contribution in [2.45, 2.75) is 12.1 Å². The maximum absolute atomic E-state index is 12.3. The Morgan fingerprint density at radius 1 is 1.12 bits per heavy atom. The number of benzene rings is 2. The Balaban J connectivity index is 1.54. The van der Waals surface area contributed by atoms with E-state index in [1.54, 1.807) is 24.1 Å². The molecule has 2 N–H and O–H groups in total. The molecule has 0 atom stereocenters. The van der Waals surface area contributed by atoms with Gasteiger partial charge < -0.3 is 20.1 Å². The zero-order chi connectivity index (χ0) is 17.9. The van der Waals surface area contributed by atoms with Crippen molar-refractivity contribution in [3.8, 4) is 0 Å². The Hall–Kier alpha value is -2.86. The molecule has 0 radical (unpaired) electrons. The summed E-state index contributed by atoms with van der Waals surface area (Å²) in [5, 5.41) is 11.7. The fourth-order valence-electron chi connectivity index (χ4n) is 2.94. The molecular formula is C19H20N2O4. The van der Waals surface area contributed by atoms with E-state index in [0.717, 1.165) is 11.1 Å². The molecule has 2 aromatic carbocycles. The van der Waals surface area contributed by atoms with Crippen molar-refractivity contribution in [3.63, 3.8) is 0 Å². The van der Waals surface area contributed by atoms with Crippen molar-refractivity contribution in [3.05, 3.63) is 71.3 Å². The summed E-state index contributed by atoms with van der Waals surface area (Å²) in [5.74, 6) is -0.965. The van der Waals surface area contributed by atoms with Crippen molar-refractivity contribution in [2.24, 2.45) is 0 Å². The van der Waals surface area contributed by atoms with Gasteiger partial charge in [0.05, 0.1) is 18.7 Å². The van der Waals surface area contributed by atoms with E-state index in [9.17, 15) is 9.59 Å². The summed E-state index contributed by atoms with van der Waals surface area (Å²) in [5.41, 5.74) is 1.69. The molecular weight excluding hydrogens is 320 g/mol. The van der Waals surface area contributed by atoms with Gasteiger partial charge in [0, 0.05) is 13.7 Å². The fourth-order valence-corrected chi connectivity index (χ4v) is 2.94. The highest BCUT2D eigenvalue weighted by molar-refractivity contribution is 5.87. The summed E-state index contributed by atoms with van der Waals surface area (Å²) in [7, 11) is 1.66. The quantitative estimate of drug-likeness (QED) is 0.876. The Kier molecular flexibility index (Phi) is 4.72. The molecule has 0 spiro atoms. The molecule has 2 aromatic rings. The van der Waals surface area contributed by atoms with E-state index in [-0.39, 0.29) is 11.6 Å². The van der Waals surface area contributed by atoms with Crippen LogP contribution in [0.15, 0.2) is 54.6 Å². The maximum atomic E-state index is 12.3. The van der Waals surface area contributed by atoms with Crippen molar-refractivity contribution in [2.75, 3.05) is 20.2 Å². The number of ether oxygens (including phenoxy) is 1. The molecule has 6 nitrogen and oxygen atoms in total. The van der Waals surface area contributed by atoms with Gasteiger partial charge in [0.15, 0.2) is 0 Å². The van der Waals surface area contributed by atoms with Gasteiger partial charge in [-0.2, -0.15) is 0 Å². The van der Waals surface area contributed by atoms with Crippen LogP contribution in [0, 0.1) is 0 Å². The highest BCUT2D eigenvalue weighted by atomic mass is 16.5. The van der Waals surface area contributed by atoms with Crippen LogP contribution in [0.3, 0.4) is 0 Å². The van der Waals surface area contributed by atoms with Crippen LogP contribution in [0.4, 0.5) is 4.79 Å². The van der Waals surface area contributed by atoms with E-state index in [0.29, 0.717) is 19.6 Å². The lowest BCUT2D eigenvalue weighted by Crippen LogP contribution is -2.64. The molecule has 1 fully saturated rings. The Labute approximate surface area is 146 Å². The first kappa shape index (κ1) is 17.0. The lowest BCUT2D eigenvalue weighted by molar-refractivity contribution is -0.111. The van der Waals surface area contributed by atoms with Gasteiger partial charge in [0.2, 0.25) is 0 Å². The number of carboxylic acids is 1. The van der Waals surface area contributed by atoms with Crippen LogP contribution in [-0.2, 0) is 16.9 Å². The van der Waals surface area contributed by atoms with E-state index in [2.05, 4.69) is 5.32 Å². The SMILES string of the molecule is COC1(c2ccccc2)CN(C(=O)NCc2ccc(C(=O)O)cc2)C1. The summed E-state index contributed by atoms with van der Waals surface area (Å²) in [4.78, 5) is 24.8. The minimum absolute atomic E-state index is 0.161. The summed E-state index contributed by atoms with van der Waals surface area (Å²) in [6, 6.07) is 16.2. The Morgan fingerprint density at radius 2 is 1.76 bits per heavy atom. The van der Waals surface area contributed by atoms with E-state index in [1.165, 1.54) is 12.1 Å². The molecule has 0 unspecified atom stereocenters. The van der Waals surface area contributed by atoms with Crippen molar-refractivity contribution in [1.29, 1.82) is 0 Å². The number of methoxy groups -OCH3 is 1. The zero-order valence-corrected chi connectivity index (χ0v) is 13.9. The molecule has 3 rings (SSSR count). The van der Waals surface area contributed by atoms with Gasteiger partial charge >= 0.3 is 12.0 Å². The van der Waals surface area contributed by atoms with Crippen LogP contribution >= 0.6 is 0 Å². The van der Waals surface area contributed by atoms with Gasteiger partial charge in [-0.25, -0.2) is 9.59 Å². The van der Waals surface area contributed by atoms with Gasteiger partial charge in [-0.05, 0) is 23.3 Å². The lowest BCUT2D eigenvalue weighted by Gasteiger charge is -2.49. The number of hydrogen-bond acceptors (Lipinski definition) is 3. The fraction of sp³-hybridized carbons (Fsp3) is 0.263. The standard InChI is InChI=1S/C19H20N2O4/c1-25-19(16-5-3-2-4-6-16)12-21(13-19)18(24)20-11-14-7-9-15(10-8-14)17(22)23/h2-10H,11-13H2,1H3,(H,20,24)(H,22,23). The monoisotopic (exact) mass is 340 g/mol. The van der Waals surface area contributed by atoms with Crippen LogP contribution in [0.1, 0.15) is 21.5 Å². The number of urea groups is 1. The van der Waals surface area contributed by atoms with Crippen LogP contribution in [0.25, 0.3) is 0 Å². The van der Waals surface area contributed by atoms with Gasteiger partial charge in [-0.3, -0.25) is 0 Å². The van der Waals surface area contributed by atoms with E-state index in [1.807, 2.05) is 30.3 Å². The molecule has 1 saturated heterocycles. The summed E-state index contributed by atoms with van der Waals surface area (Å²) in [6.07, 6.45) is 0. The third-order valence-corrected chi connectivity index (χ3v) is 4.52. The topological polar surface area (TPSA) is 78.9 Å². The number of likely N-dealkylation sites (tertiary alicyclic amines) is 1. The first-order valence-electron chi connectivity index (χ1n) is 8.00. The lowest BCUT2D eigenvalue weighted by atomic mass is 9.86. The van der Waals surface area contributed by atoms with E-state index >= 15 is 0 Å². The third kappa shape index (κ3) is 3.49. The summed E-state index contributed by atoms with van der Waals surface area (Å²) >= 11 is 0. The molecule has 0 saturated carbocycles.